The van der Waals surface area contributed by atoms with Crippen LogP contribution in [-0.2, 0) is 27.5 Å². The molecule has 262 valence electrons. The summed E-state index contributed by atoms with van der Waals surface area (Å²) >= 11 is 6.72. The number of oxime groups is 1. The van der Waals surface area contributed by atoms with Crippen molar-refractivity contribution in [2.24, 2.45) is 11.1 Å². The third-order valence-corrected chi connectivity index (χ3v) is 8.57. The Balaban J connectivity index is 1.37. The number of halogens is 2. The maximum atomic E-state index is 15.6. The molecule has 2 aliphatic rings. The number of carbonyl (C=O) groups is 2. The van der Waals surface area contributed by atoms with E-state index in [9.17, 15) is 9.59 Å². The van der Waals surface area contributed by atoms with Crippen LogP contribution in [0.15, 0.2) is 89.6 Å². The Labute approximate surface area is 295 Å². The molecule has 3 aromatic carbocycles. The minimum Gasteiger partial charge on any atom is -0.488 e. The highest BCUT2D eigenvalue weighted by atomic mass is 35.5. The lowest BCUT2D eigenvalue weighted by atomic mass is 10.0. The number of allylic oxidation sites excluding steroid dienone is 2. The van der Waals surface area contributed by atoms with Gasteiger partial charge < -0.3 is 30.1 Å². The Morgan fingerprint density at radius 2 is 1.84 bits per heavy atom. The molecule has 1 fully saturated rings. The number of rotatable bonds is 14. The lowest BCUT2D eigenvalue weighted by Gasteiger charge is -2.23. The molecule has 1 amide bonds. The van der Waals surface area contributed by atoms with E-state index in [0.29, 0.717) is 40.9 Å². The van der Waals surface area contributed by atoms with Crippen molar-refractivity contribution in [3.05, 3.63) is 106 Å². The molecule has 0 saturated carbocycles. The van der Waals surface area contributed by atoms with Crippen molar-refractivity contribution in [2.75, 3.05) is 6.61 Å². The second kappa shape index (κ2) is 16.6. The summed E-state index contributed by atoms with van der Waals surface area (Å²) in [6.45, 7) is 5.91. The van der Waals surface area contributed by atoms with Crippen LogP contribution in [0.3, 0.4) is 0 Å². The molecule has 50 heavy (non-hydrogen) atoms. The Bertz CT molecular complexity index is 1830. The quantitative estimate of drug-likeness (QED) is 0.0628. The SMILES string of the molecule is CC(C)C[C@H](NCc1cc(Cl)c(OCc2cccc(-c3ccccc3)c2F)cc1OCC1=CC(=N)/C(=N\O)C=C1)C(=O)NC1CC(C)OC1=O. The number of nitrogens with one attached hydrogen (secondary N) is 3. The van der Waals surface area contributed by atoms with Crippen LogP contribution >= 0.6 is 11.6 Å². The third-order valence-electron chi connectivity index (χ3n) is 8.27. The number of nitrogens with zero attached hydrogens (tertiary/aromatic N) is 1. The van der Waals surface area contributed by atoms with E-state index in [4.69, 9.17) is 36.4 Å². The fourth-order valence-corrected chi connectivity index (χ4v) is 5.94. The van der Waals surface area contributed by atoms with E-state index in [2.05, 4.69) is 15.8 Å². The molecule has 0 aromatic heterocycles. The highest BCUT2D eigenvalue weighted by Crippen LogP contribution is 2.35. The van der Waals surface area contributed by atoms with Gasteiger partial charge in [-0.25, -0.2) is 9.18 Å². The van der Waals surface area contributed by atoms with Crippen molar-refractivity contribution in [3.63, 3.8) is 0 Å². The maximum absolute atomic E-state index is 15.6. The smallest absolute Gasteiger partial charge is 0.329 e. The summed E-state index contributed by atoms with van der Waals surface area (Å²) < 4.78 is 33.0. The van der Waals surface area contributed by atoms with Gasteiger partial charge in [0.1, 0.15) is 48.4 Å². The molecule has 1 aliphatic carbocycles. The highest BCUT2D eigenvalue weighted by Gasteiger charge is 2.34. The average Bonchev–Trinajstić information content (AvgIpc) is 3.41. The van der Waals surface area contributed by atoms with Gasteiger partial charge in [0.05, 0.1) is 16.8 Å². The molecule has 2 unspecified atom stereocenters. The standard InChI is InChI=1S/C38H40ClFN4O6/c1-22(2)14-32(37(45)43-33-15-23(3)50-38(33)46)42-19-27-17-29(39)35(18-34(27)48-20-24-12-13-31(44-47)30(41)16-24)49-21-26-10-7-11-28(36(26)40)25-8-5-4-6-9-25/h4-13,16-18,22-23,32-33,41-42,47H,14-15,19-21H2,1-3H3,(H,43,45)/b41-30?,44-31-/t23?,32-,33?/m0/s1. The summed E-state index contributed by atoms with van der Waals surface area (Å²) in [7, 11) is 0. The molecule has 0 spiro atoms. The van der Waals surface area contributed by atoms with Crippen molar-refractivity contribution < 1.29 is 33.4 Å². The van der Waals surface area contributed by atoms with Crippen LogP contribution in [0.4, 0.5) is 4.39 Å². The molecule has 3 aromatic rings. The summed E-state index contributed by atoms with van der Waals surface area (Å²) in [6, 6.07) is 16.3. The summed E-state index contributed by atoms with van der Waals surface area (Å²) in [6.07, 6.45) is 5.35. The summed E-state index contributed by atoms with van der Waals surface area (Å²) in [5.74, 6) is -0.358. The number of benzene rings is 3. The largest absolute Gasteiger partial charge is 0.488 e. The molecule has 3 atom stereocenters. The van der Waals surface area contributed by atoms with Gasteiger partial charge in [0, 0.05) is 35.7 Å². The molecule has 10 nitrogen and oxygen atoms in total. The zero-order chi connectivity index (χ0) is 35.8. The number of amides is 1. The van der Waals surface area contributed by atoms with Gasteiger partial charge >= 0.3 is 5.97 Å². The van der Waals surface area contributed by atoms with Gasteiger partial charge in [0.25, 0.3) is 0 Å². The Kier molecular flexibility index (Phi) is 12.0. The van der Waals surface area contributed by atoms with Gasteiger partial charge in [-0.05, 0) is 48.6 Å². The Morgan fingerprint density at radius 1 is 1.08 bits per heavy atom. The second-order valence-corrected chi connectivity index (χ2v) is 13.1. The molecular weight excluding hydrogens is 663 g/mol. The van der Waals surface area contributed by atoms with Crippen LogP contribution < -0.4 is 20.1 Å². The minimum atomic E-state index is -0.705. The molecule has 4 N–H and O–H groups in total. The molecular formula is C38H40ClFN4O6. The first-order valence-electron chi connectivity index (χ1n) is 16.4. The second-order valence-electron chi connectivity index (χ2n) is 12.7. The monoisotopic (exact) mass is 702 g/mol. The van der Waals surface area contributed by atoms with Gasteiger partial charge in [-0.1, -0.05) is 85.2 Å². The first-order chi connectivity index (χ1) is 24.0. The first-order valence-corrected chi connectivity index (χ1v) is 16.7. The van der Waals surface area contributed by atoms with Crippen molar-refractivity contribution >= 4 is 34.9 Å². The van der Waals surface area contributed by atoms with Gasteiger partial charge in [-0.2, -0.15) is 0 Å². The van der Waals surface area contributed by atoms with Gasteiger partial charge in [0.15, 0.2) is 0 Å². The number of carbonyl (C=O) groups excluding carboxylic acids is 2. The number of hydrogen-bond acceptors (Lipinski definition) is 9. The van der Waals surface area contributed by atoms with E-state index in [-0.39, 0.29) is 59.9 Å². The first kappa shape index (κ1) is 36.3. The molecule has 0 radical (unpaired) electrons. The Morgan fingerprint density at radius 3 is 2.52 bits per heavy atom. The topological polar surface area (TPSA) is 142 Å². The van der Waals surface area contributed by atoms with E-state index in [1.165, 1.54) is 12.2 Å². The third kappa shape index (κ3) is 9.16. The number of esters is 1. The number of hydrogen-bond donors (Lipinski definition) is 4. The van der Waals surface area contributed by atoms with Crippen LogP contribution in [0.5, 0.6) is 11.5 Å². The summed E-state index contributed by atoms with van der Waals surface area (Å²) in [5, 5.41) is 26.7. The summed E-state index contributed by atoms with van der Waals surface area (Å²) in [5.41, 5.74) is 2.96. The predicted octanol–water partition coefficient (Wildman–Crippen LogP) is 6.77. The van der Waals surface area contributed by atoms with E-state index in [1.807, 2.05) is 44.2 Å². The fourth-order valence-electron chi connectivity index (χ4n) is 5.70. The fraction of sp³-hybridized carbons (Fsp3) is 0.316. The number of cyclic esters (lactones) is 1. The van der Waals surface area contributed by atoms with Crippen LogP contribution in [0, 0.1) is 17.1 Å². The maximum Gasteiger partial charge on any atom is 0.329 e. The van der Waals surface area contributed by atoms with E-state index in [1.54, 1.807) is 43.3 Å². The van der Waals surface area contributed by atoms with Gasteiger partial charge in [-0.15, -0.1) is 0 Å². The zero-order valence-electron chi connectivity index (χ0n) is 28.0. The molecule has 12 heteroatoms. The average molecular weight is 703 g/mol. The lowest BCUT2D eigenvalue weighted by molar-refractivity contribution is -0.144. The molecule has 0 bridgehead atoms. The lowest BCUT2D eigenvalue weighted by Crippen LogP contribution is -2.49. The van der Waals surface area contributed by atoms with Gasteiger partial charge in [-0.3, -0.25) is 10.2 Å². The normalized spacial score (nSPS) is 18.6. The molecule has 5 rings (SSSR count). The van der Waals surface area contributed by atoms with Gasteiger partial charge in [0.2, 0.25) is 5.91 Å². The van der Waals surface area contributed by atoms with Crippen LogP contribution in [0.2, 0.25) is 5.02 Å². The molecule has 1 heterocycles. The minimum absolute atomic E-state index is 0.0263. The van der Waals surface area contributed by atoms with Crippen molar-refractivity contribution in [1.29, 1.82) is 5.41 Å². The molecule has 1 aliphatic heterocycles. The van der Waals surface area contributed by atoms with E-state index >= 15 is 4.39 Å². The predicted molar refractivity (Wildman–Crippen MR) is 189 cm³/mol. The van der Waals surface area contributed by atoms with Crippen molar-refractivity contribution in [1.82, 2.24) is 10.6 Å². The van der Waals surface area contributed by atoms with E-state index in [0.717, 1.165) is 5.56 Å². The summed E-state index contributed by atoms with van der Waals surface area (Å²) in [4.78, 5) is 25.5. The zero-order valence-corrected chi connectivity index (χ0v) is 28.8. The van der Waals surface area contributed by atoms with E-state index < -0.39 is 23.9 Å². The van der Waals surface area contributed by atoms with Crippen molar-refractivity contribution in [2.45, 2.75) is 65.0 Å². The van der Waals surface area contributed by atoms with Crippen molar-refractivity contribution in [3.8, 4) is 22.6 Å². The highest BCUT2D eigenvalue weighted by molar-refractivity contribution is 6.50. The van der Waals surface area contributed by atoms with Crippen LogP contribution in [0.25, 0.3) is 11.1 Å². The number of ether oxygens (including phenoxy) is 3. The van der Waals surface area contributed by atoms with Crippen LogP contribution in [-0.4, -0.2) is 53.3 Å². The Hall–Kier alpha value is -5.00. The molecule has 1 saturated heterocycles. The van der Waals surface area contributed by atoms with Crippen LogP contribution in [0.1, 0.15) is 44.7 Å².